The number of hydrogen-bond acceptors (Lipinski definition) is 6. The molecule has 0 aromatic heterocycles. The maximum Gasteiger partial charge on any atom is 0.223 e. The van der Waals surface area contributed by atoms with E-state index in [1.165, 1.54) is 5.56 Å². The molecule has 7 heteroatoms. The normalized spacial score (nSPS) is 36.2. The third-order valence-electron chi connectivity index (χ3n) is 8.25. The Morgan fingerprint density at radius 2 is 1.91 bits per heavy atom. The number of ether oxygens (including phenoxy) is 1. The minimum Gasteiger partial charge on any atom is -0.388 e. The number of aliphatic hydroxyl groups is 2. The van der Waals surface area contributed by atoms with Gasteiger partial charge in [0.25, 0.3) is 0 Å². The monoisotopic (exact) mass is 459 g/mol. The van der Waals surface area contributed by atoms with E-state index < -0.39 is 23.4 Å². The van der Waals surface area contributed by atoms with Gasteiger partial charge < -0.3 is 30.5 Å². The molecule has 4 N–H and O–H groups in total. The van der Waals surface area contributed by atoms with Crippen LogP contribution >= 0.6 is 0 Å². The fourth-order valence-corrected chi connectivity index (χ4v) is 6.30. The number of amides is 1. The van der Waals surface area contributed by atoms with Crippen molar-refractivity contribution in [2.75, 3.05) is 33.7 Å². The summed E-state index contributed by atoms with van der Waals surface area (Å²) < 4.78 is 6.72. The van der Waals surface area contributed by atoms with Crippen molar-refractivity contribution in [3.05, 3.63) is 35.9 Å². The predicted molar refractivity (Wildman–Crippen MR) is 128 cm³/mol. The Kier molecular flexibility index (Phi) is 7.46. The molecule has 0 saturated carbocycles. The highest BCUT2D eigenvalue weighted by Crippen LogP contribution is 2.51. The van der Waals surface area contributed by atoms with E-state index in [4.69, 9.17) is 4.74 Å². The molecule has 184 valence electrons. The van der Waals surface area contributed by atoms with Gasteiger partial charge in [0.05, 0.1) is 17.3 Å². The van der Waals surface area contributed by atoms with Crippen molar-refractivity contribution in [1.29, 1.82) is 0 Å². The second kappa shape index (κ2) is 10.0. The van der Waals surface area contributed by atoms with Crippen molar-refractivity contribution in [3.63, 3.8) is 0 Å². The number of nitrogens with zero attached hydrogens (tertiary/aromatic N) is 1. The zero-order chi connectivity index (χ0) is 23.6. The summed E-state index contributed by atoms with van der Waals surface area (Å²) in [5.41, 5.74) is -0.400. The molecule has 0 spiro atoms. The molecule has 3 heterocycles. The van der Waals surface area contributed by atoms with Crippen molar-refractivity contribution in [3.8, 4) is 0 Å². The van der Waals surface area contributed by atoms with Gasteiger partial charge in [-0.15, -0.1) is 0 Å². The van der Waals surface area contributed by atoms with Gasteiger partial charge in [0.2, 0.25) is 5.91 Å². The van der Waals surface area contributed by atoms with Crippen molar-refractivity contribution in [1.82, 2.24) is 15.5 Å². The minimum atomic E-state index is -0.845. The average Bonchev–Trinajstić information content (AvgIpc) is 2.90. The highest BCUT2D eigenvalue weighted by atomic mass is 16.6. The lowest BCUT2D eigenvalue weighted by atomic mass is 9.72. The Bertz CT molecular complexity index is 800. The lowest BCUT2D eigenvalue weighted by molar-refractivity contribution is -0.250. The van der Waals surface area contributed by atoms with E-state index in [-0.39, 0.29) is 30.3 Å². The third kappa shape index (κ3) is 5.13. The number of hydrogen-bond donors (Lipinski definition) is 4. The van der Waals surface area contributed by atoms with Gasteiger partial charge in [-0.2, -0.15) is 0 Å². The molecule has 1 aromatic carbocycles. The first-order chi connectivity index (χ1) is 15.7. The number of piperidine rings is 1. The van der Waals surface area contributed by atoms with Crippen molar-refractivity contribution < 1.29 is 19.7 Å². The van der Waals surface area contributed by atoms with Gasteiger partial charge in [-0.3, -0.25) is 4.79 Å². The molecule has 1 aromatic rings. The molecule has 6 atom stereocenters. The highest BCUT2D eigenvalue weighted by Gasteiger charge is 2.57. The standard InChI is InChI=1S/C26H41N3O4/c1-25-15-20(18-7-5-4-6-8-18)16-26(33-25,12-9-21(23(25)31)29(2)3)22(30)17-28-24(32)19-10-13-27-14-11-19/h4-8,19-23,27,30-31H,9-17H2,1-3H3,(H,28,32)/t20-,21-,22?,23+,25+,26+/m1/s1. The zero-order valence-corrected chi connectivity index (χ0v) is 20.3. The van der Waals surface area contributed by atoms with Gasteiger partial charge in [0.15, 0.2) is 0 Å². The molecule has 33 heavy (non-hydrogen) atoms. The lowest BCUT2D eigenvalue weighted by Gasteiger charge is -2.52. The molecule has 1 unspecified atom stereocenters. The van der Waals surface area contributed by atoms with Crippen LogP contribution in [0.15, 0.2) is 30.3 Å². The van der Waals surface area contributed by atoms with Gasteiger partial charge in [0, 0.05) is 18.5 Å². The summed E-state index contributed by atoms with van der Waals surface area (Å²) in [7, 11) is 3.98. The van der Waals surface area contributed by atoms with Gasteiger partial charge in [0.1, 0.15) is 6.10 Å². The van der Waals surface area contributed by atoms with Crippen LogP contribution in [-0.2, 0) is 9.53 Å². The fraction of sp³-hybridized carbons (Fsp3) is 0.731. The summed E-state index contributed by atoms with van der Waals surface area (Å²) >= 11 is 0. The van der Waals surface area contributed by atoms with Gasteiger partial charge >= 0.3 is 0 Å². The predicted octanol–water partition coefficient (Wildman–Crippen LogP) is 1.64. The summed E-state index contributed by atoms with van der Waals surface area (Å²) in [6, 6.07) is 10.3. The number of likely N-dealkylation sites (N-methyl/N-ethyl adjacent to an activating group) is 1. The molecular weight excluding hydrogens is 418 g/mol. The van der Waals surface area contributed by atoms with Crippen LogP contribution in [0.2, 0.25) is 0 Å². The molecule has 7 nitrogen and oxygen atoms in total. The number of aliphatic hydroxyl groups excluding tert-OH is 2. The molecule has 2 bridgehead atoms. The number of fused-ring (bicyclic) bond motifs is 2. The number of rotatable bonds is 6. The van der Waals surface area contributed by atoms with Gasteiger partial charge in [-0.1, -0.05) is 30.3 Å². The summed E-state index contributed by atoms with van der Waals surface area (Å²) in [6.45, 7) is 3.87. The van der Waals surface area contributed by atoms with Crippen molar-refractivity contribution >= 4 is 5.91 Å². The lowest BCUT2D eigenvalue weighted by Crippen LogP contribution is -2.61. The Morgan fingerprint density at radius 3 is 2.58 bits per heavy atom. The molecule has 0 radical (unpaired) electrons. The van der Waals surface area contributed by atoms with Crippen LogP contribution in [0.25, 0.3) is 0 Å². The van der Waals surface area contributed by atoms with Crippen LogP contribution in [0.4, 0.5) is 0 Å². The molecule has 0 aliphatic carbocycles. The second-order valence-corrected chi connectivity index (χ2v) is 10.8. The van der Waals surface area contributed by atoms with Crippen LogP contribution in [0.5, 0.6) is 0 Å². The number of carbonyl (C=O) groups excluding carboxylic acids is 1. The Morgan fingerprint density at radius 1 is 1.21 bits per heavy atom. The molecule has 1 amide bonds. The smallest absolute Gasteiger partial charge is 0.223 e. The second-order valence-electron chi connectivity index (χ2n) is 10.8. The zero-order valence-electron chi connectivity index (χ0n) is 20.3. The van der Waals surface area contributed by atoms with E-state index in [0.717, 1.165) is 32.4 Å². The van der Waals surface area contributed by atoms with Crippen LogP contribution in [0, 0.1) is 5.92 Å². The van der Waals surface area contributed by atoms with Crippen molar-refractivity contribution in [2.45, 2.75) is 80.8 Å². The summed E-state index contributed by atoms with van der Waals surface area (Å²) in [5, 5.41) is 29.2. The van der Waals surface area contributed by atoms with E-state index in [0.29, 0.717) is 19.3 Å². The topological polar surface area (TPSA) is 94.1 Å². The van der Waals surface area contributed by atoms with Crippen LogP contribution in [-0.4, -0.2) is 84.2 Å². The van der Waals surface area contributed by atoms with E-state index in [9.17, 15) is 15.0 Å². The van der Waals surface area contributed by atoms with E-state index >= 15 is 0 Å². The maximum absolute atomic E-state index is 12.7. The SMILES string of the molecule is CN(C)[C@@H]1CC[C@@]2(C(O)CNC(=O)C3CCNCC3)C[C@H](c3ccccc3)C[C@](C)(O2)[C@H]1O. The average molecular weight is 460 g/mol. The minimum absolute atomic E-state index is 0.000338. The molecule has 4 rings (SSSR count). The van der Waals surface area contributed by atoms with Gasteiger partial charge in [-0.05, 0) is 84.1 Å². The fourth-order valence-electron chi connectivity index (χ4n) is 6.30. The van der Waals surface area contributed by atoms with Crippen molar-refractivity contribution in [2.24, 2.45) is 5.92 Å². The largest absolute Gasteiger partial charge is 0.388 e. The summed E-state index contributed by atoms with van der Waals surface area (Å²) in [5.74, 6) is 0.180. The molecule has 3 aliphatic rings. The molecule has 3 aliphatic heterocycles. The number of nitrogens with one attached hydrogen (secondary N) is 2. The summed E-state index contributed by atoms with van der Waals surface area (Å²) in [6.07, 6.45) is 2.87. The first-order valence-corrected chi connectivity index (χ1v) is 12.5. The van der Waals surface area contributed by atoms with E-state index in [1.54, 1.807) is 0 Å². The van der Waals surface area contributed by atoms with E-state index in [2.05, 4.69) is 27.7 Å². The number of benzene rings is 1. The quantitative estimate of drug-likeness (QED) is 0.517. The Balaban J connectivity index is 1.57. The molecule has 3 fully saturated rings. The third-order valence-corrected chi connectivity index (χ3v) is 8.25. The molecular formula is C26H41N3O4. The highest BCUT2D eigenvalue weighted by molar-refractivity contribution is 5.78. The summed E-state index contributed by atoms with van der Waals surface area (Å²) in [4.78, 5) is 14.8. The van der Waals surface area contributed by atoms with Crippen LogP contribution in [0.1, 0.15) is 56.9 Å². The van der Waals surface area contributed by atoms with E-state index in [1.807, 2.05) is 39.2 Å². The Hall–Kier alpha value is -1.51. The Labute approximate surface area is 197 Å². The van der Waals surface area contributed by atoms with Crippen LogP contribution < -0.4 is 10.6 Å². The number of carbonyl (C=O) groups is 1. The molecule has 3 saturated heterocycles. The first-order valence-electron chi connectivity index (χ1n) is 12.5. The van der Waals surface area contributed by atoms with Crippen LogP contribution in [0.3, 0.4) is 0 Å². The first kappa shape index (κ1) is 24.6. The maximum atomic E-state index is 12.7. The van der Waals surface area contributed by atoms with Gasteiger partial charge in [-0.25, -0.2) is 0 Å².